The number of hydrogen-bond acceptors (Lipinski definition) is 6. The number of carbonyl (C=O) groups is 1. The summed E-state index contributed by atoms with van der Waals surface area (Å²) in [7, 11) is 0. The molecule has 0 bridgehead atoms. The molecule has 0 aromatic heterocycles. The van der Waals surface area contributed by atoms with Crippen molar-refractivity contribution in [2.45, 2.75) is 13.5 Å². The van der Waals surface area contributed by atoms with E-state index in [0.29, 0.717) is 17.0 Å². The summed E-state index contributed by atoms with van der Waals surface area (Å²) in [6.07, 6.45) is 1.69. The maximum Gasteiger partial charge on any atom is 0.367 e. The lowest BCUT2D eigenvalue weighted by atomic mass is 10.1. The van der Waals surface area contributed by atoms with Gasteiger partial charge >= 0.3 is 5.97 Å². The van der Waals surface area contributed by atoms with Crippen molar-refractivity contribution in [3.63, 3.8) is 0 Å². The number of non-ortho nitro benzene ring substituents is 1. The molecule has 1 heterocycles. The number of benzene rings is 2. The predicted octanol–water partition coefficient (Wildman–Crippen LogP) is 4.25. The fourth-order valence-corrected chi connectivity index (χ4v) is 2.80. The molecule has 0 amide bonds. The number of ether oxygens (including phenoxy) is 1. The second-order valence-electron chi connectivity index (χ2n) is 5.52. The van der Waals surface area contributed by atoms with Crippen molar-refractivity contribution in [1.29, 1.82) is 0 Å². The summed E-state index contributed by atoms with van der Waals surface area (Å²) >= 11 is 3.44. The summed E-state index contributed by atoms with van der Waals surface area (Å²) in [6.45, 7) is 1.97. The maximum absolute atomic E-state index is 11.6. The zero-order valence-electron chi connectivity index (χ0n) is 13.6. The largest absolute Gasteiger partial charge is 0.488 e. The molecule has 1 aliphatic heterocycles. The van der Waals surface area contributed by atoms with Gasteiger partial charge in [-0.1, -0.05) is 11.2 Å². The average molecular weight is 417 g/mol. The van der Waals surface area contributed by atoms with E-state index < -0.39 is 10.9 Å². The molecule has 0 unspecified atom stereocenters. The molecule has 3 rings (SSSR count). The molecule has 1 aliphatic rings. The van der Waals surface area contributed by atoms with Crippen LogP contribution in [0, 0.1) is 10.1 Å². The van der Waals surface area contributed by atoms with Crippen LogP contribution in [-0.2, 0) is 16.2 Å². The summed E-state index contributed by atoms with van der Waals surface area (Å²) in [5, 5.41) is 14.3. The first kappa shape index (κ1) is 17.8. The van der Waals surface area contributed by atoms with E-state index in [1.807, 2.05) is 12.1 Å². The summed E-state index contributed by atoms with van der Waals surface area (Å²) in [5.74, 6) is 0.141. The highest BCUT2D eigenvalue weighted by Gasteiger charge is 2.21. The van der Waals surface area contributed by atoms with Gasteiger partial charge in [0.25, 0.3) is 5.69 Å². The topological polar surface area (TPSA) is 91.0 Å². The fourth-order valence-electron chi connectivity index (χ4n) is 2.28. The molecule has 7 nitrogen and oxygen atoms in total. The van der Waals surface area contributed by atoms with E-state index in [1.54, 1.807) is 31.2 Å². The van der Waals surface area contributed by atoms with E-state index in [-0.39, 0.29) is 12.3 Å². The lowest BCUT2D eigenvalue weighted by Gasteiger charge is -2.09. The van der Waals surface area contributed by atoms with Crippen molar-refractivity contribution in [2.75, 3.05) is 0 Å². The predicted molar refractivity (Wildman–Crippen MR) is 98.7 cm³/mol. The molecule has 2 aromatic carbocycles. The Balaban J connectivity index is 1.70. The fraction of sp³-hybridized carbons (Fsp3) is 0.111. The minimum absolute atomic E-state index is 0.0385. The summed E-state index contributed by atoms with van der Waals surface area (Å²) < 4.78 is 6.45. The number of nitrogens with zero attached hydrogens (tertiary/aromatic N) is 2. The molecule has 0 saturated heterocycles. The van der Waals surface area contributed by atoms with Crippen LogP contribution >= 0.6 is 15.9 Å². The number of halogens is 1. The minimum atomic E-state index is -0.475. The van der Waals surface area contributed by atoms with E-state index >= 15 is 0 Å². The Labute approximate surface area is 157 Å². The van der Waals surface area contributed by atoms with Crippen LogP contribution in [0.1, 0.15) is 18.1 Å². The van der Waals surface area contributed by atoms with Gasteiger partial charge in [0.1, 0.15) is 12.4 Å². The van der Waals surface area contributed by atoms with Crippen LogP contribution < -0.4 is 4.74 Å². The lowest BCUT2D eigenvalue weighted by Crippen LogP contribution is -2.01. The molecule has 2 aromatic rings. The van der Waals surface area contributed by atoms with E-state index in [1.165, 1.54) is 12.1 Å². The van der Waals surface area contributed by atoms with Gasteiger partial charge in [0, 0.05) is 12.1 Å². The molecule has 0 fully saturated rings. The van der Waals surface area contributed by atoms with Crippen molar-refractivity contribution < 1.29 is 19.3 Å². The first-order valence-corrected chi connectivity index (χ1v) is 8.37. The van der Waals surface area contributed by atoms with Gasteiger partial charge in [-0.3, -0.25) is 10.1 Å². The Bertz CT molecular complexity index is 935. The van der Waals surface area contributed by atoms with Crippen molar-refractivity contribution >= 4 is 39.4 Å². The SMILES string of the molecule is CC1=NOC(=O)C1=Cc1ccc(OCc2ccc([N+](=O)[O-])cc2)c(Br)c1. The number of rotatable bonds is 5. The third-order valence-corrected chi connectivity index (χ3v) is 4.30. The number of nitro groups is 1. The quantitative estimate of drug-likeness (QED) is 0.314. The Kier molecular flexibility index (Phi) is 5.13. The molecule has 0 spiro atoms. The lowest BCUT2D eigenvalue weighted by molar-refractivity contribution is -0.384. The molecule has 0 saturated carbocycles. The van der Waals surface area contributed by atoms with E-state index in [2.05, 4.69) is 25.9 Å². The van der Waals surface area contributed by atoms with Crippen molar-refractivity contribution in [3.8, 4) is 5.75 Å². The highest BCUT2D eigenvalue weighted by atomic mass is 79.9. The van der Waals surface area contributed by atoms with Crippen LogP contribution in [0.15, 0.2) is 57.7 Å². The van der Waals surface area contributed by atoms with Gasteiger partial charge in [0.2, 0.25) is 0 Å². The highest BCUT2D eigenvalue weighted by molar-refractivity contribution is 9.10. The van der Waals surface area contributed by atoms with Crippen LogP contribution in [0.5, 0.6) is 5.75 Å². The summed E-state index contributed by atoms with van der Waals surface area (Å²) in [5.41, 5.74) is 2.59. The number of carbonyl (C=O) groups excluding carboxylic acids is 1. The molecule has 26 heavy (non-hydrogen) atoms. The van der Waals surface area contributed by atoms with Crippen molar-refractivity contribution in [2.24, 2.45) is 5.16 Å². The minimum Gasteiger partial charge on any atom is -0.488 e. The first-order valence-electron chi connectivity index (χ1n) is 7.58. The van der Waals surface area contributed by atoms with Gasteiger partial charge in [0.05, 0.1) is 20.7 Å². The maximum atomic E-state index is 11.6. The smallest absolute Gasteiger partial charge is 0.367 e. The Morgan fingerprint density at radius 1 is 1.27 bits per heavy atom. The number of nitro benzene ring substituents is 1. The third-order valence-electron chi connectivity index (χ3n) is 3.68. The molecular weight excluding hydrogens is 404 g/mol. The molecule has 0 atom stereocenters. The molecular formula is C18H13BrN2O5. The second kappa shape index (κ2) is 7.49. The van der Waals surface area contributed by atoms with Gasteiger partial charge in [-0.25, -0.2) is 4.79 Å². The van der Waals surface area contributed by atoms with Crippen LogP contribution in [0.2, 0.25) is 0 Å². The van der Waals surface area contributed by atoms with E-state index in [0.717, 1.165) is 15.6 Å². The molecule has 0 radical (unpaired) electrons. The van der Waals surface area contributed by atoms with Crippen LogP contribution in [-0.4, -0.2) is 16.6 Å². The van der Waals surface area contributed by atoms with Crippen molar-refractivity contribution in [3.05, 3.63) is 73.8 Å². The normalized spacial score (nSPS) is 14.9. The van der Waals surface area contributed by atoms with Gasteiger partial charge in [-0.05, 0) is 64.3 Å². The standard InChI is InChI=1S/C18H13BrN2O5/c1-11-15(18(22)26-20-11)8-13-4-7-17(16(19)9-13)25-10-12-2-5-14(6-3-12)21(23)24/h2-9H,10H2,1H3. The molecule has 132 valence electrons. The third kappa shape index (κ3) is 3.97. The van der Waals surface area contributed by atoms with E-state index in [9.17, 15) is 14.9 Å². The van der Waals surface area contributed by atoms with Gasteiger partial charge in [0.15, 0.2) is 0 Å². The number of oxime groups is 1. The Hall–Kier alpha value is -3.00. The second-order valence-corrected chi connectivity index (χ2v) is 6.37. The zero-order chi connectivity index (χ0) is 18.7. The van der Waals surface area contributed by atoms with Gasteiger partial charge in [-0.15, -0.1) is 0 Å². The van der Waals surface area contributed by atoms with Crippen molar-refractivity contribution in [1.82, 2.24) is 0 Å². The highest BCUT2D eigenvalue weighted by Crippen LogP contribution is 2.28. The molecule has 0 N–H and O–H groups in total. The Morgan fingerprint density at radius 3 is 2.58 bits per heavy atom. The summed E-state index contributed by atoms with van der Waals surface area (Å²) in [4.78, 5) is 26.4. The van der Waals surface area contributed by atoms with Gasteiger partial charge in [-0.2, -0.15) is 0 Å². The van der Waals surface area contributed by atoms with Crippen LogP contribution in [0.25, 0.3) is 6.08 Å². The van der Waals surface area contributed by atoms with Crippen LogP contribution in [0.3, 0.4) is 0 Å². The number of hydrogen-bond donors (Lipinski definition) is 0. The van der Waals surface area contributed by atoms with Crippen LogP contribution in [0.4, 0.5) is 5.69 Å². The average Bonchev–Trinajstić information content (AvgIpc) is 2.93. The Morgan fingerprint density at radius 2 is 2.00 bits per heavy atom. The van der Waals surface area contributed by atoms with E-state index in [4.69, 9.17) is 4.74 Å². The first-order chi connectivity index (χ1) is 12.4. The van der Waals surface area contributed by atoms with Gasteiger partial charge < -0.3 is 9.57 Å². The molecule has 0 aliphatic carbocycles. The zero-order valence-corrected chi connectivity index (χ0v) is 15.2. The molecule has 8 heteroatoms. The summed E-state index contributed by atoms with van der Waals surface area (Å²) in [6, 6.07) is 11.6. The monoisotopic (exact) mass is 416 g/mol.